The lowest BCUT2D eigenvalue weighted by Crippen LogP contribution is -2.15. The molecule has 0 aromatic heterocycles. The zero-order valence-corrected chi connectivity index (χ0v) is 11.8. The van der Waals surface area contributed by atoms with E-state index in [1.165, 1.54) is 0 Å². The summed E-state index contributed by atoms with van der Waals surface area (Å²) in [6, 6.07) is 13.2. The van der Waals surface area contributed by atoms with Crippen LogP contribution in [0.5, 0.6) is 11.5 Å². The van der Waals surface area contributed by atoms with Crippen molar-refractivity contribution in [2.45, 2.75) is 6.10 Å². The van der Waals surface area contributed by atoms with Gasteiger partial charge in [-0.1, -0.05) is 34.1 Å². The van der Waals surface area contributed by atoms with Crippen LogP contribution in [0, 0.1) is 0 Å². The van der Waals surface area contributed by atoms with Crippen LogP contribution < -0.4 is 9.47 Å². The largest absolute Gasteiger partial charge is 0.486 e. The molecule has 0 aliphatic carbocycles. The Bertz CT molecular complexity index is 580. The van der Waals surface area contributed by atoms with Gasteiger partial charge in [-0.3, -0.25) is 0 Å². The minimum Gasteiger partial charge on any atom is -0.486 e. The molecular formula is C15H13BrO3. The number of hydrogen-bond donors (Lipinski definition) is 1. The topological polar surface area (TPSA) is 38.7 Å². The summed E-state index contributed by atoms with van der Waals surface area (Å²) in [5.41, 5.74) is 1.64. The summed E-state index contributed by atoms with van der Waals surface area (Å²) in [6.07, 6.45) is -0.663. The lowest BCUT2D eigenvalue weighted by Gasteiger charge is -2.20. The maximum atomic E-state index is 10.4. The predicted molar refractivity (Wildman–Crippen MR) is 75.6 cm³/mol. The molecule has 1 unspecified atom stereocenters. The van der Waals surface area contributed by atoms with Crippen LogP contribution in [-0.2, 0) is 0 Å². The molecule has 0 amide bonds. The van der Waals surface area contributed by atoms with E-state index in [1.54, 1.807) is 0 Å². The first-order valence-corrected chi connectivity index (χ1v) is 6.86. The van der Waals surface area contributed by atoms with Crippen molar-refractivity contribution in [3.05, 3.63) is 58.1 Å². The summed E-state index contributed by atoms with van der Waals surface area (Å²) < 4.78 is 12.0. The molecule has 0 radical (unpaired) electrons. The fourth-order valence-corrected chi connectivity index (χ4v) is 2.33. The Balaban J connectivity index is 1.91. The Labute approximate surface area is 119 Å². The minimum absolute atomic E-state index is 0.546. The fraction of sp³-hybridized carbons (Fsp3) is 0.200. The van der Waals surface area contributed by atoms with Crippen molar-refractivity contribution in [1.82, 2.24) is 0 Å². The van der Waals surface area contributed by atoms with E-state index in [0.29, 0.717) is 19.0 Å². The van der Waals surface area contributed by atoms with Gasteiger partial charge in [0, 0.05) is 4.47 Å². The molecule has 0 spiro atoms. The molecule has 3 rings (SSSR count). The van der Waals surface area contributed by atoms with Crippen LogP contribution >= 0.6 is 15.9 Å². The van der Waals surface area contributed by atoms with Crippen molar-refractivity contribution < 1.29 is 14.6 Å². The highest BCUT2D eigenvalue weighted by Crippen LogP contribution is 2.34. The van der Waals surface area contributed by atoms with Crippen molar-refractivity contribution in [3.8, 4) is 11.5 Å². The van der Waals surface area contributed by atoms with E-state index in [9.17, 15) is 5.11 Å². The quantitative estimate of drug-likeness (QED) is 0.922. The Morgan fingerprint density at radius 2 is 1.53 bits per heavy atom. The molecule has 19 heavy (non-hydrogen) atoms. The minimum atomic E-state index is -0.663. The number of fused-ring (bicyclic) bond motifs is 1. The number of rotatable bonds is 2. The van der Waals surface area contributed by atoms with Gasteiger partial charge in [0.15, 0.2) is 11.5 Å². The van der Waals surface area contributed by atoms with Crippen LogP contribution in [0.3, 0.4) is 0 Å². The van der Waals surface area contributed by atoms with Gasteiger partial charge in [-0.05, 0) is 35.4 Å². The fourth-order valence-electron chi connectivity index (χ4n) is 2.07. The van der Waals surface area contributed by atoms with E-state index in [2.05, 4.69) is 15.9 Å². The molecule has 4 heteroatoms. The highest BCUT2D eigenvalue weighted by Gasteiger charge is 2.16. The molecule has 1 aliphatic heterocycles. The first kappa shape index (κ1) is 12.5. The number of aliphatic hydroxyl groups excluding tert-OH is 1. The number of benzene rings is 2. The predicted octanol–water partition coefficient (Wildman–Crippen LogP) is 3.30. The zero-order valence-electron chi connectivity index (χ0n) is 10.2. The summed E-state index contributed by atoms with van der Waals surface area (Å²) in [5.74, 6) is 1.43. The monoisotopic (exact) mass is 320 g/mol. The maximum Gasteiger partial charge on any atom is 0.161 e. The second kappa shape index (κ2) is 5.23. The smallest absolute Gasteiger partial charge is 0.161 e. The van der Waals surface area contributed by atoms with Gasteiger partial charge in [-0.2, -0.15) is 0 Å². The van der Waals surface area contributed by atoms with Crippen molar-refractivity contribution in [3.63, 3.8) is 0 Å². The highest BCUT2D eigenvalue weighted by molar-refractivity contribution is 9.10. The van der Waals surface area contributed by atoms with E-state index >= 15 is 0 Å². The van der Waals surface area contributed by atoms with Crippen molar-refractivity contribution in [2.24, 2.45) is 0 Å². The van der Waals surface area contributed by atoms with Crippen molar-refractivity contribution in [2.75, 3.05) is 13.2 Å². The maximum absolute atomic E-state index is 10.4. The summed E-state index contributed by atoms with van der Waals surface area (Å²) in [6.45, 7) is 1.12. The molecule has 0 saturated heterocycles. The number of hydrogen-bond acceptors (Lipinski definition) is 3. The number of halogens is 1. The van der Waals surface area contributed by atoms with E-state index in [-0.39, 0.29) is 0 Å². The van der Waals surface area contributed by atoms with Gasteiger partial charge in [-0.25, -0.2) is 0 Å². The normalized spacial score (nSPS) is 15.1. The molecular weight excluding hydrogens is 308 g/mol. The summed E-state index contributed by atoms with van der Waals surface area (Å²) in [7, 11) is 0. The molecule has 98 valence electrons. The van der Waals surface area contributed by atoms with Crippen molar-refractivity contribution in [1.29, 1.82) is 0 Å². The van der Waals surface area contributed by atoms with E-state index in [0.717, 1.165) is 21.3 Å². The standard InChI is InChI=1S/C15H13BrO3/c16-12-4-1-10(2-5-12)15(17)11-3-6-13-14(9-11)19-8-7-18-13/h1-6,9,15,17H,7-8H2. The van der Waals surface area contributed by atoms with Crippen LogP contribution in [0.1, 0.15) is 17.2 Å². The first-order valence-electron chi connectivity index (χ1n) is 6.07. The Morgan fingerprint density at radius 3 is 2.26 bits per heavy atom. The zero-order chi connectivity index (χ0) is 13.2. The van der Waals surface area contributed by atoms with Crippen molar-refractivity contribution >= 4 is 15.9 Å². The SMILES string of the molecule is OC(c1ccc(Br)cc1)c1ccc2c(c1)OCCO2. The Kier molecular flexibility index (Phi) is 3.44. The highest BCUT2D eigenvalue weighted by atomic mass is 79.9. The van der Waals surface area contributed by atoms with Crippen LogP contribution in [0.25, 0.3) is 0 Å². The lowest BCUT2D eigenvalue weighted by atomic mass is 10.0. The number of aliphatic hydroxyl groups is 1. The van der Waals surface area contributed by atoms with Gasteiger partial charge in [0.05, 0.1) is 0 Å². The Morgan fingerprint density at radius 1 is 0.895 bits per heavy atom. The third-order valence-electron chi connectivity index (χ3n) is 3.07. The van der Waals surface area contributed by atoms with Gasteiger partial charge >= 0.3 is 0 Å². The number of ether oxygens (including phenoxy) is 2. The van der Waals surface area contributed by atoms with E-state index < -0.39 is 6.10 Å². The third kappa shape index (κ3) is 2.60. The Hall–Kier alpha value is -1.52. The van der Waals surface area contributed by atoms with E-state index in [1.807, 2.05) is 42.5 Å². The second-order valence-electron chi connectivity index (χ2n) is 4.36. The summed E-state index contributed by atoms with van der Waals surface area (Å²) in [5, 5.41) is 10.4. The molecule has 0 fully saturated rings. The van der Waals surface area contributed by atoms with Gasteiger partial charge in [0.25, 0.3) is 0 Å². The van der Waals surface area contributed by atoms with Gasteiger partial charge < -0.3 is 14.6 Å². The van der Waals surface area contributed by atoms with Crippen LogP contribution in [0.4, 0.5) is 0 Å². The third-order valence-corrected chi connectivity index (χ3v) is 3.60. The van der Waals surface area contributed by atoms with Crippen LogP contribution in [-0.4, -0.2) is 18.3 Å². The first-order chi connectivity index (χ1) is 9.24. The molecule has 0 bridgehead atoms. The molecule has 1 N–H and O–H groups in total. The van der Waals surface area contributed by atoms with Crippen LogP contribution in [0.2, 0.25) is 0 Å². The average molecular weight is 321 g/mol. The summed E-state index contributed by atoms with van der Waals surface area (Å²) in [4.78, 5) is 0. The lowest BCUT2D eigenvalue weighted by molar-refractivity contribution is 0.169. The molecule has 2 aromatic rings. The second-order valence-corrected chi connectivity index (χ2v) is 5.27. The summed E-state index contributed by atoms with van der Waals surface area (Å²) >= 11 is 3.38. The molecule has 1 aliphatic rings. The molecule has 3 nitrogen and oxygen atoms in total. The molecule has 0 saturated carbocycles. The molecule has 2 aromatic carbocycles. The van der Waals surface area contributed by atoms with Gasteiger partial charge in [-0.15, -0.1) is 0 Å². The average Bonchev–Trinajstić information content (AvgIpc) is 2.47. The van der Waals surface area contributed by atoms with E-state index in [4.69, 9.17) is 9.47 Å². The van der Waals surface area contributed by atoms with Crippen LogP contribution in [0.15, 0.2) is 46.9 Å². The van der Waals surface area contributed by atoms with Gasteiger partial charge in [0.1, 0.15) is 19.3 Å². The van der Waals surface area contributed by atoms with Gasteiger partial charge in [0.2, 0.25) is 0 Å². The molecule has 1 heterocycles. The molecule has 1 atom stereocenters.